The van der Waals surface area contributed by atoms with Crippen LogP contribution in [0.2, 0.25) is 0 Å². The number of hydrogen-bond donors (Lipinski definition) is 1. The lowest BCUT2D eigenvalue weighted by Crippen LogP contribution is -2.19. The molecule has 160 valence electrons. The second-order valence-electron chi connectivity index (χ2n) is 6.36. The quantitative estimate of drug-likeness (QED) is 0.308. The second-order valence-corrected chi connectivity index (χ2v) is 7.39. The highest BCUT2D eigenvalue weighted by atomic mass is 32.2. The van der Waals surface area contributed by atoms with Crippen LogP contribution in [0.4, 0.5) is 0 Å². The van der Waals surface area contributed by atoms with Crippen molar-refractivity contribution >= 4 is 35.0 Å². The summed E-state index contributed by atoms with van der Waals surface area (Å²) in [5.41, 5.74) is 2.97. The number of amides is 1. The Balaban J connectivity index is 1.70. The highest BCUT2D eigenvalue weighted by Crippen LogP contribution is 2.29. The van der Waals surface area contributed by atoms with E-state index < -0.39 is 11.9 Å². The number of ether oxygens (including phenoxy) is 3. The minimum Gasteiger partial charge on any atom is -0.493 e. The first-order valence-electron chi connectivity index (χ1n) is 9.25. The lowest BCUT2D eigenvalue weighted by molar-refractivity contribution is -0.135. The van der Waals surface area contributed by atoms with Crippen LogP contribution in [0.1, 0.15) is 16.7 Å². The van der Waals surface area contributed by atoms with E-state index in [0.717, 1.165) is 34.5 Å². The zero-order chi connectivity index (χ0) is 22.2. The van der Waals surface area contributed by atoms with E-state index in [2.05, 4.69) is 20.3 Å². The Hall–Kier alpha value is -3.59. The van der Waals surface area contributed by atoms with Crippen molar-refractivity contribution in [3.8, 4) is 11.5 Å². The van der Waals surface area contributed by atoms with Gasteiger partial charge < -0.3 is 14.2 Å². The fraction of sp³-hybridized carbons (Fsp3) is 0.182. The van der Waals surface area contributed by atoms with Gasteiger partial charge in [-0.25, -0.2) is 4.79 Å². The molecule has 0 atom stereocenters. The molecule has 2 aromatic rings. The van der Waals surface area contributed by atoms with Gasteiger partial charge in [0.05, 0.1) is 25.3 Å². The highest BCUT2D eigenvalue weighted by molar-refractivity contribution is 8.18. The molecule has 2 aromatic carbocycles. The highest BCUT2D eigenvalue weighted by Gasteiger charge is 2.25. The first-order valence-corrected chi connectivity index (χ1v) is 10.1. The van der Waals surface area contributed by atoms with Gasteiger partial charge in [-0.05, 0) is 53.6 Å². The third-order valence-electron chi connectivity index (χ3n) is 4.29. The van der Waals surface area contributed by atoms with Crippen LogP contribution in [0, 0.1) is 6.92 Å². The van der Waals surface area contributed by atoms with E-state index in [4.69, 9.17) is 9.47 Å². The number of amidine groups is 1. The first-order chi connectivity index (χ1) is 15.0. The number of aryl methyl sites for hydroxylation is 1. The van der Waals surface area contributed by atoms with E-state index in [1.54, 1.807) is 19.2 Å². The summed E-state index contributed by atoms with van der Waals surface area (Å²) >= 11 is 1.01. The standard InChI is InChI=1S/C22H21N3O5S/c1-14-6-4-5-7-16(14)13-30-18-10-15(8-9-17(18)28-2)12-23-25-22-24-21(27)19(31-22)11-20(26)29-3/h4-12H,13H2,1-3H3,(H,24,25,27)/b19-11+,23-12?. The fourth-order valence-electron chi connectivity index (χ4n) is 2.60. The molecule has 9 heteroatoms. The Morgan fingerprint density at radius 2 is 1.97 bits per heavy atom. The molecule has 1 fully saturated rings. The Morgan fingerprint density at radius 3 is 2.71 bits per heavy atom. The average Bonchev–Trinajstić information content (AvgIpc) is 3.12. The van der Waals surface area contributed by atoms with Crippen molar-refractivity contribution in [2.75, 3.05) is 14.2 Å². The van der Waals surface area contributed by atoms with Crippen molar-refractivity contribution in [3.05, 3.63) is 70.1 Å². The Bertz CT molecular complexity index is 1080. The van der Waals surface area contributed by atoms with Crippen LogP contribution in [-0.4, -0.2) is 37.5 Å². The zero-order valence-corrected chi connectivity index (χ0v) is 18.1. The van der Waals surface area contributed by atoms with E-state index in [1.807, 2.05) is 37.3 Å². The maximum absolute atomic E-state index is 11.8. The van der Waals surface area contributed by atoms with E-state index in [0.29, 0.717) is 18.1 Å². The number of rotatable bonds is 7. The Morgan fingerprint density at radius 1 is 1.16 bits per heavy atom. The molecule has 0 unspecified atom stereocenters. The molecule has 0 aromatic heterocycles. The molecule has 1 aliphatic heterocycles. The van der Waals surface area contributed by atoms with Crippen molar-refractivity contribution in [2.24, 2.45) is 10.2 Å². The van der Waals surface area contributed by atoms with Gasteiger partial charge in [-0.1, -0.05) is 24.3 Å². The third kappa shape index (κ3) is 5.95. The Kier molecular flexibility index (Phi) is 7.45. The maximum Gasteiger partial charge on any atom is 0.331 e. The number of benzene rings is 2. The topological polar surface area (TPSA) is 98.6 Å². The number of esters is 1. The second kappa shape index (κ2) is 10.4. The van der Waals surface area contributed by atoms with Crippen LogP contribution in [0.3, 0.4) is 0 Å². The summed E-state index contributed by atoms with van der Waals surface area (Å²) in [6.45, 7) is 2.44. The van der Waals surface area contributed by atoms with Crippen molar-refractivity contribution in [1.82, 2.24) is 5.32 Å². The molecule has 1 amide bonds. The van der Waals surface area contributed by atoms with Crippen LogP contribution < -0.4 is 14.8 Å². The summed E-state index contributed by atoms with van der Waals surface area (Å²) < 4.78 is 15.9. The van der Waals surface area contributed by atoms with Gasteiger partial charge in [0.2, 0.25) is 0 Å². The van der Waals surface area contributed by atoms with Gasteiger partial charge in [0.1, 0.15) is 6.61 Å². The predicted octanol–water partition coefficient (Wildman–Crippen LogP) is 3.19. The number of carbonyl (C=O) groups excluding carboxylic acids is 2. The van der Waals surface area contributed by atoms with Crippen LogP contribution in [0.15, 0.2) is 63.6 Å². The molecule has 0 saturated carbocycles. The molecule has 0 radical (unpaired) electrons. The molecule has 0 aliphatic carbocycles. The minimum atomic E-state index is -0.612. The molecule has 1 heterocycles. The largest absolute Gasteiger partial charge is 0.493 e. The van der Waals surface area contributed by atoms with Gasteiger partial charge in [0, 0.05) is 6.08 Å². The van der Waals surface area contributed by atoms with Crippen LogP contribution in [-0.2, 0) is 20.9 Å². The number of nitrogens with zero attached hydrogens (tertiary/aromatic N) is 2. The number of nitrogens with one attached hydrogen (secondary N) is 1. The smallest absolute Gasteiger partial charge is 0.331 e. The zero-order valence-electron chi connectivity index (χ0n) is 17.2. The van der Waals surface area contributed by atoms with E-state index >= 15 is 0 Å². The van der Waals surface area contributed by atoms with Gasteiger partial charge in [-0.15, -0.1) is 5.10 Å². The van der Waals surface area contributed by atoms with E-state index in [-0.39, 0.29) is 10.1 Å². The van der Waals surface area contributed by atoms with Gasteiger partial charge in [0.25, 0.3) is 5.91 Å². The van der Waals surface area contributed by atoms with Crippen LogP contribution in [0.5, 0.6) is 11.5 Å². The summed E-state index contributed by atoms with van der Waals surface area (Å²) in [5.74, 6) is 0.141. The number of thioether (sulfide) groups is 1. The number of methoxy groups -OCH3 is 2. The Labute approximate surface area is 184 Å². The van der Waals surface area contributed by atoms with E-state index in [1.165, 1.54) is 13.3 Å². The fourth-order valence-corrected chi connectivity index (χ4v) is 3.34. The molecular formula is C22H21N3O5S. The molecule has 1 N–H and O–H groups in total. The van der Waals surface area contributed by atoms with E-state index in [9.17, 15) is 9.59 Å². The normalized spacial score (nSPS) is 16.0. The average molecular weight is 439 g/mol. The van der Waals surface area contributed by atoms with Gasteiger partial charge in [-0.3, -0.25) is 10.1 Å². The molecule has 1 saturated heterocycles. The first kappa shape index (κ1) is 22.1. The van der Waals surface area contributed by atoms with Gasteiger partial charge in [0.15, 0.2) is 16.7 Å². The van der Waals surface area contributed by atoms with Crippen LogP contribution >= 0.6 is 11.8 Å². The predicted molar refractivity (Wildman–Crippen MR) is 119 cm³/mol. The minimum absolute atomic E-state index is 0.192. The van der Waals surface area contributed by atoms with Crippen molar-refractivity contribution in [3.63, 3.8) is 0 Å². The lowest BCUT2D eigenvalue weighted by Gasteiger charge is -2.12. The third-order valence-corrected chi connectivity index (χ3v) is 5.19. The van der Waals surface area contributed by atoms with Crippen molar-refractivity contribution in [2.45, 2.75) is 13.5 Å². The molecule has 8 nitrogen and oxygen atoms in total. The molecular weight excluding hydrogens is 418 g/mol. The number of carbonyl (C=O) groups is 2. The summed E-state index contributed by atoms with van der Waals surface area (Å²) in [5, 5.41) is 10.8. The monoisotopic (exact) mass is 439 g/mol. The van der Waals surface area contributed by atoms with Crippen LogP contribution in [0.25, 0.3) is 0 Å². The maximum atomic E-state index is 11.8. The van der Waals surface area contributed by atoms with Crippen molar-refractivity contribution in [1.29, 1.82) is 0 Å². The molecule has 3 rings (SSSR count). The molecule has 31 heavy (non-hydrogen) atoms. The van der Waals surface area contributed by atoms with Gasteiger partial charge in [-0.2, -0.15) is 5.10 Å². The summed E-state index contributed by atoms with van der Waals surface area (Å²) in [6.07, 6.45) is 2.63. The summed E-state index contributed by atoms with van der Waals surface area (Å²) in [4.78, 5) is 23.3. The SMILES string of the molecule is COC(=O)/C=C1/S/C(=N\N=Cc2ccc(OC)c(OCc3ccccc3C)c2)NC1=O. The lowest BCUT2D eigenvalue weighted by atomic mass is 10.1. The van der Waals surface area contributed by atoms with Gasteiger partial charge >= 0.3 is 5.97 Å². The summed E-state index contributed by atoms with van der Waals surface area (Å²) in [6, 6.07) is 13.4. The van der Waals surface area contributed by atoms with Crippen molar-refractivity contribution < 1.29 is 23.8 Å². The molecule has 0 spiro atoms. The number of hydrogen-bond acceptors (Lipinski definition) is 8. The molecule has 1 aliphatic rings. The summed E-state index contributed by atoms with van der Waals surface area (Å²) in [7, 11) is 2.82. The molecule has 0 bridgehead atoms.